The molecule has 0 radical (unpaired) electrons. The Hall–Kier alpha value is -0.0400. The van der Waals surface area contributed by atoms with Gasteiger partial charge in [-0.2, -0.15) is 0 Å². The SMILES string of the molecule is CCNC(=NCC(C)(C)OC)NCCCC(C)(C)C.I. The van der Waals surface area contributed by atoms with Crippen LogP contribution in [-0.4, -0.2) is 38.3 Å². The van der Waals surface area contributed by atoms with Crippen molar-refractivity contribution in [2.75, 3.05) is 26.7 Å². The molecule has 2 N–H and O–H groups in total. The van der Waals surface area contributed by atoms with E-state index in [2.05, 4.69) is 43.3 Å². The van der Waals surface area contributed by atoms with Crippen molar-refractivity contribution in [3.63, 3.8) is 0 Å². The topological polar surface area (TPSA) is 45.7 Å². The molecule has 0 unspecified atom stereocenters. The van der Waals surface area contributed by atoms with Crippen LogP contribution in [0.15, 0.2) is 4.99 Å². The van der Waals surface area contributed by atoms with Crippen molar-refractivity contribution in [2.45, 2.75) is 60.0 Å². The highest BCUT2D eigenvalue weighted by atomic mass is 127. The molecule has 122 valence electrons. The van der Waals surface area contributed by atoms with Crippen molar-refractivity contribution in [3.05, 3.63) is 0 Å². The number of hydrogen-bond acceptors (Lipinski definition) is 2. The lowest BCUT2D eigenvalue weighted by atomic mass is 9.91. The Labute approximate surface area is 142 Å². The molecule has 4 nitrogen and oxygen atoms in total. The van der Waals surface area contributed by atoms with Gasteiger partial charge in [0, 0.05) is 20.2 Å². The van der Waals surface area contributed by atoms with Gasteiger partial charge in [-0.1, -0.05) is 20.8 Å². The molecule has 0 rings (SSSR count). The quantitative estimate of drug-likeness (QED) is 0.299. The van der Waals surface area contributed by atoms with Crippen LogP contribution in [0.5, 0.6) is 0 Å². The first kappa shape index (κ1) is 22.2. The Kier molecular flexibility index (Phi) is 11.8. The maximum Gasteiger partial charge on any atom is 0.191 e. The molecule has 0 saturated carbocycles. The Bertz CT molecular complexity index is 273. The molecule has 0 spiro atoms. The predicted molar refractivity (Wildman–Crippen MR) is 99.2 cm³/mol. The van der Waals surface area contributed by atoms with Gasteiger partial charge in [-0.05, 0) is 39.0 Å². The molecule has 0 aromatic carbocycles. The van der Waals surface area contributed by atoms with Gasteiger partial charge in [0.2, 0.25) is 0 Å². The molecular weight excluding hydrogens is 365 g/mol. The molecular formula is C15H34IN3O. The van der Waals surface area contributed by atoms with E-state index in [0.29, 0.717) is 12.0 Å². The Balaban J connectivity index is 0. The number of hydrogen-bond donors (Lipinski definition) is 2. The van der Waals surface area contributed by atoms with E-state index in [-0.39, 0.29) is 29.6 Å². The number of methoxy groups -OCH3 is 1. The third-order valence-electron chi connectivity index (χ3n) is 2.91. The lowest BCUT2D eigenvalue weighted by molar-refractivity contribution is 0.0310. The monoisotopic (exact) mass is 399 g/mol. The van der Waals surface area contributed by atoms with E-state index in [4.69, 9.17) is 4.74 Å². The molecule has 0 fully saturated rings. The highest BCUT2D eigenvalue weighted by molar-refractivity contribution is 14.0. The lowest BCUT2D eigenvalue weighted by Crippen LogP contribution is -2.39. The van der Waals surface area contributed by atoms with E-state index in [1.807, 2.05) is 13.8 Å². The molecule has 5 heteroatoms. The van der Waals surface area contributed by atoms with E-state index in [1.165, 1.54) is 6.42 Å². The van der Waals surface area contributed by atoms with Gasteiger partial charge in [-0.3, -0.25) is 4.99 Å². The number of nitrogens with one attached hydrogen (secondary N) is 2. The molecule has 0 aliphatic carbocycles. The van der Waals surface area contributed by atoms with Gasteiger partial charge in [0.15, 0.2) is 5.96 Å². The van der Waals surface area contributed by atoms with E-state index in [0.717, 1.165) is 25.5 Å². The summed E-state index contributed by atoms with van der Waals surface area (Å²) in [7, 11) is 1.72. The molecule has 0 atom stereocenters. The second kappa shape index (κ2) is 10.7. The van der Waals surface area contributed by atoms with Crippen LogP contribution in [0.25, 0.3) is 0 Å². The first-order valence-corrected chi connectivity index (χ1v) is 7.27. The number of rotatable bonds is 7. The summed E-state index contributed by atoms with van der Waals surface area (Å²) in [6.45, 7) is 15.5. The maximum absolute atomic E-state index is 5.37. The molecule has 20 heavy (non-hydrogen) atoms. The van der Waals surface area contributed by atoms with Crippen molar-refractivity contribution in [3.8, 4) is 0 Å². The van der Waals surface area contributed by atoms with Gasteiger partial charge in [0.1, 0.15) is 0 Å². The molecule has 0 saturated heterocycles. The van der Waals surface area contributed by atoms with Gasteiger partial charge in [0.05, 0.1) is 12.1 Å². The average Bonchev–Trinajstić information content (AvgIpc) is 2.30. The number of ether oxygens (including phenoxy) is 1. The first-order chi connectivity index (χ1) is 8.70. The van der Waals surface area contributed by atoms with E-state index >= 15 is 0 Å². The second-order valence-corrected chi connectivity index (χ2v) is 6.75. The molecule has 0 heterocycles. The van der Waals surface area contributed by atoms with Crippen LogP contribution < -0.4 is 10.6 Å². The summed E-state index contributed by atoms with van der Waals surface area (Å²) in [6, 6.07) is 0. The zero-order chi connectivity index (χ0) is 14.9. The molecule has 0 aromatic rings. The number of aliphatic imine (C=N–C) groups is 1. The zero-order valence-electron chi connectivity index (χ0n) is 14.3. The lowest BCUT2D eigenvalue weighted by Gasteiger charge is -2.22. The fourth-order valence-corrected chi connectivity index (χ4v) is 1.50. The third kappa shape index (κ3) is 13.0. The van der Waals surface area contributed by atoms with Crippen LogP contribution in [0.3, 0.4) is 0 Å². The predicted octanol–water partition coefficient (Wildman–Crippen LogP) is 3.41. The highest BCUT2D eigenvalue weighted by Gasteiger charge is 2.15. The summed E-state index contributed by atoms with van der Waals surface area (Å²) in [4.78, 5) is 4.56. The van der Waals surface area contributed by atoms with Crippen molar-refractivity contribution >= 4 is 29.9 Å². The maximum atomic E-state index is 5.37. The summed E-state index contributed by atoms with van der Waals surface area (Å²) >= 11 is 0. The second-order valence-electron chi connectivity index (χ2n) is 6.75. The highest BCUT2D eigenvalue weighted by Crippen LogP contribution is 2.19. The number of nitrogens with zero attached hydrogens (tertiary/aromatic N) is 1. The molecule has 0 aliphatic heterocycles. The van der Waals surface area contributed by atoms with Crippen LogP contribution in [0.2, 0.25) is 0 Å². The normalized spacial score (nSPS) is 12.8. The Morgan fingerprint density at radius 3 is 2.15 bits per heavy atom. The Morgan fingerprint density at radius 1 is 1.10 bits per heavy atom. The largest absolute Gasteiger partial charge is 0.377 e. The summed E-state index contributed by atoms with van der Waals surface area (Å²) in [5, 5.41) is 6.63. The van der Waals surface area contributed by atoms with Gasteiger partial charge < -0.3 is 15.4 Å². The first-order valence-electron chi connectivity index (χ1n) is 7.27. The summed E-state index contributed by atoms with van der Waals surface area (Å²) < 4.78 is 5.37. The Morgan fingerprint density at radius 2 is 1.70 bits per heavy atom. The van der Waals surface area contributed by atoms with Crippen LogP contribution >= 0.6 is 24.0 Å². The van der Waals surface area contributed by atoms with Crippen LogP contribution in [-0.2, 0) is 4.74 Å². The van der Waals surface area contributed by atoms with Gasteiger partial charge in [-0.25, -0.2) is 0 Å². The van der Waals surface area contributed by atoms with E-state index in [9.17, 15) is 0 Å². The fraction of sp³-hybridized carbons (Fsp3) is 0.933. The van der Waals surface area contributed by atoms with Gasteiger partial charge >= 0.3 is 0 Å². The van der Waals surface area contributed by atoms with Gasteiger partial charge in [0.25, 0.3) is 0 Å². The van der Waals surface area contributed by atoms with E-state index in [1.54, 1.807) is 7.11 Å². The molecule has 0 aromatic heterocycles. The number of guanidine groups is 1. The minimum atomic E-state index is -0.215. The minimum Gasteiger partial charge on any atom is -0.377 e. The van der Waals surface area contributed by atoms with Crippen molar-refractivity contribution in [1.82, 2.24) is 10.6 Å². The van der Waals surface area contributed by atoms with Crippen LogP contribution in [0.4, 0.5) is 0 Å². The summed E-state index contributed by atoms with van der Waals surface area (Å²) in [5.41, 5.74) is 0.184. The molecule has 0 amide bonds. The summed E-state index contributed by atoms with van der Waals surface area (Å²) in [5.74, 6) is 0.876. The average molecular weight is 399 g/mol. The van der Waals surface area contributed by atoms with Crippen molar-refractivity contribution in [2.24, 2.45) is 10.4 Å². The third-order valence-corrected chi connectivity index (χ3v) is 2.91. The number of halogens is 1. The fourth-order valence-electron chi connectivity index (χ4n) is 1.50. The van der Waals surface area contributed by atoms with Crippen molar-refractivity contribution in [1.29, 1.82) is 0 Å². The van der Waals surface area contributed by atoms with Crippen LogP contribution in [0.1, 0.15) is 54.4 Å². The van der Waals surface area contributed by atoms with Crippen LogP contribution in [0, 0.1) is 5.41 Å². The molecule has 0 aliphatic rings. The minimum absolute atomic E-state index is 0. The van der Waals surface area contributed by atoms with Gasteiger partial charge in [-0.15, -0.1) is 24.0 Å². The standard InChI is InChI=1S/C15H33N3O.HI/c1-8-16-13(18-12-15(5,6)19-7)17-11-9-10-14(2,3)4;/h8-12H2,1-7H3,(H2,16,17,18);1H. The zero-order valence-corrected chi connectivity index (χ0v) is 16.6. The van der Waals surface area contributed by atoms with E-state index < -0.39 is 0 Å². The summed E-state index contributed by atoms with van der Waals surface area (Å²) in [6.07, 6.45) is 2.37. The molecule has 0 bridgehead atoms. The smallest absolute Gasteiger partial charge is 0.191 e. The van der Waals surface area contributed by atoms with Crippen molar-refractivity contribution < 1.29 is 4.74 Å².